The van der Waals surface area contributed by atoms with E-state index in [9.17, 15) is 9.59 Å². The Balaban J connectivity index is 1.97. The smallest absolute Gasteiger partial charge is 0.248 e. The summed E-state index contributed by atoms with van der Waals surface area (Å²) in [6.07, 6.45) is 3.36. The van der Waals surface area contributed by atoms with Gasteiger partial charge in [-0.05, 0) is 35.3 Å². The van der Waals surface area contributed by atoms with Crippen LogP contribution < -0.4 is 15.8 Å². The van der Waals surface area contributed by atoms with Crippen molar-refractivity contribution in [2.24, 2.45) is 5.73 Å². The molecule has 0 unspecified atom stereocenters. The predicted octanol–water partition coefficient (Wildman–Crippen LogP) is 3.72. The SMILES string of the molecule is CC(C)c1ccc(C=CC(=O)Nc2ccccc2OCCC(N)=O)cc1. The number of rotatable bonds is 8. The molecule has 26 heavy (non-hydrogen) atoms. The molecule has 2 rings (SSSR count). The number of primary amides is 1. The second-order valence-corrected chi connectivity index (χ2v) is 6.20. The molecule has 5 nitrogen and oxygen atoms in total. The maximum atomic E-state index is 12.2. The monoisotopic (exact) mass is 352 g/mol. The van der Waals surface area contributed by atoms with Crippen molar-refractivity contribution in [3.63, 3.8) is 0 Å². The van der Waals surface area contributed by atoms with Crippen molar-refractivity contribution < 1.29 is 14.3 Å². The van der Waals surface area contributed by atoms with E-state index in [1.165, 1.54) is 11.6 Å². The molecular weight excluding hydrogens is 328 g/mol. The minimum absolute atomic E-state index is 0.120. The Morgan fingerprint density at radius 1 is 1.12 bits per heavy atom. The number of hydrogen-bond acceptors (Lipinski definition) is 3. The summed E-state index contributed by atoms with van der Waals surface area (Å²) in [6.45, 7) is 4.45. The van der Waals surface area contributed by atoms with Crippen LogP contribution in [0.1, 0.15) is 37.3 Å². The lowest BCUT2D eigenvalue weighted by molar-refractivity contribution is -0.118. The minimum atomic E-state index is -0.432. The van der Waals surface area contributed by atoms with Crippen molar-refractivity contribution in [1.82, 2.24) is 0 Å². The molecule has 0 aliphatic carbocycles. The summed E-state index contributed by atoms with van der Waals surface area (Å²) in [6, 6.07) is 15.1. The molecule has 2 amide bonds. The predicted molar refractivity (Wildman–Crippen MR) is 104 cm³/mol. The van der Waals surface area contributed by atoms with Gasteiger partial charge in [-0.3, -0.25) is 9.59 Å². The van der Waals surface area contributed by atoms with Crippen LogP contribution in [-0.2, 0) is 9.59 Å². The molecule has 0 aliphatic rings. The van der Waals surface area contributed by atoms with Gasteiger partial charge in [0.1, 0.15) is 5.75 Å². The second kappa shape index (κ2) is 9.42. The van der Waals surface area contributed by atoms with Gasteiger partial charge in [-0.15, -0.1) is 0 Å². The summed E-state index contributed by atoms with van der Waals surface area (Å²) >= 11 is 0. The summed E-state index contributed by atoms with van der Waals surface area (Å²) in [5.74, 6) is 0.279. The fraction of sp³-hybridized carbons (Fsp3) is 0.238. The quantitative estimate of drug-likeness (QED) is 0.711. The summed E-state index contributed by atoms with van der Waals surface area (Å²) in [5.41, 5.74) is 7.85. The zero-order chi connectivity index (χ0) is 18.9. The Morgan fingerprint density at radius 2 is 1.81 bits per heavy atom. The summed E-state index contributed by atoms with van der Waals surface area (Å²) in [5, 5.41) is 2.78. The summed E-state index contributed by atoms with van der Waals surface area (Å²) in [4.78, 5) is 23.0. The average Bonchev–Trinajstić information content (AvgIpc) is 2.61. The number of anilines is 1. The van der Waals surface area contributed by atoms with Gasteiger partial charge >= 0.3 is 0 Å². The van der Waals surface area contributed by atoms with Crippen LogP contribution in [0.15, 0.2) is 54.6 Å². The van der Waals surface area contributed by atoms with Crippen molar-refractivity contribution >= 4 is 23.6 Å². The lowest BCUT2D eigenvalue weighted by atomic mass is 10.0. The highest BCUT2D eigenvalue weighted by Gasteiger charge is 2.06. The molecule has 5 heteroatoms. The van der Waals surface area contributed by atoms with E-state index in [1.807, 2.05) is 12.1 Å². The Labute approximate surface area is 153 Å². The Bertz CT molecular complexity index is 780. The third-order valence-electron chi connectivity index (χ3n) is 3.78. The fourth-order valence-corrected chi connectivity index (χ4v) is 2.30. The van der Waals surface area contributed by atoms with Gasteiger partial charge in [0.15, 0.2) is 0 Å². The maximum absolute atomic E-state index is 12.2. The highest BCUT2D eigenvalue weighted by atomic mass is 16.5. The molecule has 0 fully saturated rings. The topological polar surface area (TPSA) is 81.4 Å². The maximum Gasteiger partial charge on any atom is 0.248 e. The molecule has 0 saturated heterocycles. The van der Waals surface area contributed by atoms with Gasteiger partial charge < -0.3 is 15.8 Å². The molecule has 3 N–H and O–H groups in total. The highest BCUT2D eigenvalue weighted by Crippen LogP contribution is 2.24. The second-order valence-electron chi connectivity index (χ2n) is 6.20. The fourth-order valence-electron chi connectivity index (χ4n) is 2.30. The number of carbonyl (C=O) groups excluding carboxylic acids is 2. The van der Waals surface area contributed by atoms with E-state index in [0.29, 0.717) is 17.4 Å². The van der Waals surface area contributed by atoms with Crippen molar-refractivity contribution in [2.45, 2.75) is 26.2 Å². The first-order valence-electron chi connectivity index (χ1n) is 8.55. The van der Waals surface area contributed by atoms with E-state index in [-0.39, 0.29) is 18.9 Å². The Hall–Kier alpha value is -3.08. The highest BCUT2D eigenvalue weighted by molar-refractivity contribution is 6.02. The molecule has 0 radical (unpaired) electrons. The standard InChI is InChI=1S/C21H24N2O3/c1-15(2)17-10-7-16(8-11-17)9-12-21(25)23-18-5-3-4-6-19(18)26-14-13-20(22)24/h3-12,15H,13-14H2,1-2H3,(H2,22,24)(H,23,25). The van der Waals surface area contributed by atoms with Gasteiger partial charge in [0, 0.05) is 6.08 Å². The van der Waals surface area contributed by atoms with Crippen LogP contribution in [0.4, 0.5) is 5.69 Å². The molecule has 0 aromatic heterocycles. The summed E-state index contributed by atoms with van der Waals surface area (Å²) < 4.78 is 5.51. The van der Waals surface area contributed by atoms with Crippen LogP contribution >= 0.6 is 0 Å². The van der Waals surface area contributed by atoms with Crippen LogP contribution in [0.3, 0.4) is 0 Å². The largest absolute Gasteiger partial charge is 0.491 e. The van der Waals surface area contributed by atoms with Crippen LogP contribution in [0.5, 0.6) is 5.75 Å². The van der Waals surface area contributed by atoms with E-state index in [0.717, 1.165) is 5.56 Å². The van der Waals surface area contributed by atoms with Crippen LogP contribution in [-0.4, -0.2) is 18.4 Å². The number of hydrogen-bond donors (Lipinski definition) is 2. The van der Waals surface area contributed by atoms with Gasteiger partial charge in [-0.1, -0.05) is 50.2 Å². The van der Waals surface area contributed by atoms with Crippen LogP contribution in [0.25, 0.3) is 6.08 Å². The molecule has 2 aromatic carbocycles. The van der Waals surface area contributed by atoms with Gasteiger partial charge in [0.25, 0.3) is 0 Å². The van der Waals surface area contributed by atoms with Crippen LogP contribution in [0, 0.1) is 0 Å². The Morgan fingerprint density at radius 3 is 2.46 bits per heavy atom. The van der Waals surface area contributed by atoms with Crippen LogP contribution in [0.2, 0.25) is 0 Å². The number of nitrogens with one attached hydrogen (secondary N) is 1. The van der Waals surface area contributed by atoms with E-state index in [4.69, 9.17) is 10.5 Å². The minimum Gasteiger partial charge on any atom is -0.491 e. The van der Waals surface area contributed by atoms with E-state index < -0.39 is 5.91 Å². The number of para-hydroxylation sites is 2. The third kappa shape index (κ3) is 6.09. The average molecular weight is 352 g/mol. The molecular formula is C21H24N2O3. The van der Waals surface area contributed by atoms with Gasteiger partial charge in [-0.25, -0.2) is 0 Å². The first kappa shape index (κ1) is 19.2. The number of ether oxygens (including phenoxy) is 1. The van der Waals surface area contributed by atoms with Crippen molar-refractivity contribution in [2.75, 3.05) is 11.9 Å². The van der Waals surface area contributed by atoms with Crippen molar-refractivity contribution in [3.05, 3.63) is 65.7 Å². The van der Waals surface area contributed by atoms with E-state index in [2.05, 4.69) is 31.3 Å². The molecule has 0 heterocycles. The number of amides is 2. The lowest BCUT2D eigenvalue weighted by Crippen LogP contribution is -2.15. The number of carbonyl (C=O) groups is 2. The lowest BCUT2D eigenvalue weighted by Gasteiger charge is -2.11. The molecule has 136 valence electrons. The molecule has 2 aromatic rings. The van der Waals surface area contributed by atoms with Gasteiger partial charge in [0.2, 0.25) is 11.8 Å². The molecule has 0 saturated carbocycles. The zero-order valence-electron chi connectivity index (χ0n) is 15.1. The molecule has 0 spiro atoms. The number of benzene rings is 2. The first-order valence-corrected chi connectivity index (χ1v) is 8.55. The first-order chi connectivity index (χ1) is 12.5. The van der Waals surface area contributed by atoms with Crippen molar-refractivity contribution in [3.8, 4) is 5.75 Å². The van der Waals surface area contributed by atoms with E-state index in [1.54, 1.807) is 30.3 Å². The molecule has 0 bridgehead atoms. The van der Waals surface area contributed by atoms with E-state index >= 15 is 0 Å². The van der Waals surface area contributed by atoms with Gasteiger partial charge in [-0.2, -0.15) is 0 Å². The zero-order valence-corrected chi connectivity index (χ0v) is 15.1. The molecule has 0 aliphatic heterocycles. The molecule has 0 atom stereocenters. The van der Waals surface area contributed by atoms with Gasteiger partial charge in [0.05, 0.1) is 18.7 Å². The Kier molecular flexibility index (Phi) is 6.97. The normalized spacial score (nSPS) is 10.9. The summed E-state index contributed by atoms with van der Waals surface area (Å²) in [7, 11) is 0. The van der Waals surface area contributed by atoms with Crippen molar-refractivity contribution in [1.29, 1.82) is 0 Å². The third-order valence-corrected chi connectivity index (χ3v) is 3.78. The number of nitrogens with two attached hydrogens (primary N) is 1.